The Balaban J connectivity index is 1.54. The van der Waals surface area contributed by atoms with Crippen molar-refractivity contribution in [1.82, 2.24) is 19.6 Å². The molecular formula is C18H17N5OS. The van der Waals surface area contributed by atoms with Crippen molar-refractivity contribution in [3.05, 3.63) is 60.6 Å². The van der Waals surface area contributed by atoms with Gasteiger partial charge in [-0.1, -0.05) is 23.5 Å². The summed E-state index contributed by atoms with van der Waals surface area (Å²) in [5, 5.41) is 17.6. The highest BCUT2D eigenvalue weighted by molar-refractivity contribution is 7.20. The SMILES string of the molecule is OCCCc1cccc(Nc2nn3cc(-c4cccnc4)nc3s2)c1. The quantitative estimate of drug-likeness (QED) is 0.556. The van der Waals surface area contributed by atoms with Crippen LogP contribution in [0.3, 0.4) is 0 Å². The minimum Gasteiger partial charge on any atom is -0.396 e. The van der Waals surface area contributed by atoms with Gasteiger partial charge < -0.3 is 10.4 Å². The van der Waals surface area contributed by atoms with E-state index in [1.165, 1.54) is 16.9 Å². The van der Waals surface area contributed by atoms with Crippen molar-refractivity contribution in [2.45, 2.75) is 12.8 Å². The fourth-order valence-electron chi connectivity index (χ4n) is 2.62. The van der Waals surface area contributed by atoms with Gasteiger partial charge in [0.05, 0.1) is 11.9 Å². The first-order valence-electron chi connectivity index (χ1n) is 8.05. The fraction of sp³-hybridized carbons (Fsp3) is 0.167. The maximum Gasteiger partial charge on any atom is 0.214 e. The highest BCUT2D eigenvalue weighted by Gasteiger charge is 2.10. The number of aliphatic hydroxyl groups is 1. The normalized spacial score (nSPS) is 11.1. The van der Waals surface area contributed by atoms with E-state index in [4.69, 9.17) is 5.11 Å². The molecule has 3 heterocycles. The maximum absolute atomic E-state index is 8.96. The molecule has 0 atom stereocenters. The monoisotopic (exact) mass is 351 g/mol. The lowest BCUT2D eigenvalue weighted by molar-refractivity contribution is 0.288. The zero-order valence-electron chi connectivity index (χ0n) is 13.5. The molecule has 4 aromatic rings. The van der Waals surface area contributed by atoms with E-state index in [2.05, 4.69) is 32.5 Å². The van der Waals surface area contributed by atoms with Crippen LogP contribution in [-0.4, -0.2) is 31.3 Å². The molecule has 0 amide bonds. The molecule has 126 valence electrons. The zero-order chi connectivity index (χ0) is 17.1. The van der Waals surface area contributed by atoms with Crippen LogP contribution in [0.15, 0.2) is 55.0 Å². The van der Waals surface area contributed by atoms with Crippen LogP contribution in [0.4, 0.5) is 10.8 Å². The number of aliphatic hydroxyl groups excluding tert-OH is 1. The number of fused-ring (bicyclic) bond motifs is 1. The summed E-state index contributed by atoms with van der Waals surface area (Å²) >= 11 is 1.50. The molecule has 25 heavy (non-hydrogen) atoms. The summed E-state index contributed by atoms with van der Waals surface area (Å²) in [6.07, 6.45) is 7.08. The predicted octanol–water partition coefficient (Wildman–Crippen LogP) is 3.52. The van der Waals surface area contributed by atoms with Crippen LogP contribution in [0, 0.1) is 0 Å². The highest BCUT2D eigenvalue weighted by atomic mass is 32.1. The van der Waals surface area contributed by atoms with E-state index in [1.54, 1.807) is 16.9 Å². The van der Waals surface area contributed by atoms with Gasteiger partial charge in [0.1, 0.15) is 0 Å². The molecule has 0 fully saturated rings. The van der Waals surface area contributed by atoms with Crippen molar-refractivity contribution in [3.8, 4) is 11.3 Å². The van der Waals surface area contributed by atoms with E-state index in [0.717, 1.165) is 39.9 Å². The highest BCUT2D eigenvalue weighted by Crippen LogP contribution is 2.26. The first kappa shape index (κ1) is 15.7. The number of anilines is 2. The summed E-state index contributed by atoms with van der Waals surface area (Å²) in [6, 6.07) is 12.0. The molecule has 6 nitrogen and oxygen atoms in total. The van der Waals surface area contributed by atoms with E-state index in [1.807, 2.05) is 30.5 Å². The number of imidazole rings is 1. The summed E-state index contributed by atoms with van der Waals surface area (Å²) in [5.74, 6) is 0. The lowest BCUT2D eigenvalue weighted by Gasteiger charge is -2.05. The Morgan fingerprint density at radius 3 is 2.96 bits per heavy atom. The minimum atomic E-state index is 0.209. The van der Waals surface area contributed by atoms with Crippen molar-refractivity contribution < 1.29 is 5.11 Å². The lowest BCUT2D eigenvalue weighted by Crippen LogP contribution is -1.94. The molecule has 0 bridgehead atoms. The molecule has 0 unspecified atom stereocenters. The molecule has 0 aliphatic carbocycles. The molecular weight excluding hydrogens is 334 g/mol. The molecule has 1 aromatic carbocycles. The number of hydrogen-bond acceptors (Lipinski definition) is 6. The summed E-state index contributed by atoms with van der Waals surface area (Å²) in [6.45, 7) is 0.209. The molecule has 3 aromatic heterocycles. The second kappa shape index (κ2) is 7.00. The number of nitrogens with zero attached hydrogens (tertiary/aromatic N) is 4. The summed E-state index contributed by atoms with van der Waals surface area (Å²) < 4.78 is 1.78. The third-order valence-electron chi connectivity index (χ3n) is 3.80. The van der Waals surface area contributed by atoms with Crippen LogP contribution >= 0.6 is 11.3 Å². The molecule has 0 saturated heterocycles. The fourth-order valence-corrected chi connectivity index (χ4v) is 3.42. The second-order valence-corrected chi connectivity index (χ2v) is 6.61. The first-order valence-corrected chi connectivity index (χ1v) is 8.87. The van der Waals surface area contributed by atoms with Crippen molar-refractivity contribution in [1.29, 1.82) is 0 Å². The Morgan fingerprint density at radius 2 is 2.16 bits per heavy atom. The van der Waals surface area contributed by atoms with E-state index < -0.39 is 0 Å². The smallest absolute Gasteiger partial charge is 0.214 e. The molecule has 0 radical (unpaired) electrons. The van der Waals surface area contributed by atoms with Crippen LogP contribution in [0.2, 0.25) is 0 Å². The Bertz CT molecular complexity index is 948. The second-order valence-electron chi connectivity index (χ2n) is 5.65. The number of aryl methyl sites for hydroxylation is 1. The number of hydrogen-bond donors (Lipinski definition) is 2. The lowest BCUT2D eigenvalue weighted by atomic mass is 10.1. The van der Waals surface area contributed by atoms with Gasteiger partial charge in [-0.2, -0.15) is 0 Å². The summed E-state index contributed by atoms with van der Waals surface area (Å²) in [5.41, 5.74) is 4.02. The van der Waals surface area contributed by atoms with Gasteiger partial charge in [0.15, 0.2) is 0 Å². The molecule has 2 N–H and O–H groups in total. The van der Waals surface area contributed by atoms with Gasteiger partial charge >= 0.3 is 0 Å². The standard InChI is InChI=1S/C18H17N5OS/c24-9-3-5-13-4-1-7-15(10-13)20-17-22-23-12-16(21-18(23)25-17)14-6-2-8-19-11-14/h1-2,4,6-8,10-12,24H,3,5,9H2,(H,20,22). The average Bonchev–Trinajstić information content (AvgIpc) is 3.19. The average molecular weight is 351 g/mol. The van der Waals surface area contributed by atoms with Crippen LogP contribution in [-0.2, 0) is 6.42 Å². The van der Waals surface area contributed by atoms with Crippen molar-refractivity contribution in [2.24, 2.45) is 0 Å². The topological polar surface area (TPSA) is 75.3 Å². The van der Waals surface area contributed by atoms with Crippen LogP contribution in [0.1, 0.15) is 12.0 Å². The van der Waals surface area contributed by atoms with Crippen molar-refractivity contribution in [2.75, 3.05) is 11.9 Å². The van der Waals surface area contributed by atoms with Gasteiger partial charge in [-0.15, -0.1) is 5.10 Å². The van der Waals surface area contributed by atoms with E-state index in [0.29, 0.717) is 0 Å². The van der Waals surface area contributed by atoms with E-state index in [-0.39, 0.29) is 6.61 Å². The Kier molecular flexibility index (Phi) is 4.41. The predicted molar refractivity (Wildman–Crippen MR) is 99.2 cm³/mol. The van der Waals surface area contributed by atoms with Gasteiger partial charge in [-0.05, 0) is 42.7 Å². The molecule has 4 rings (SSSR count). The van der Waals surface area contributed by atoms with Crippen molar-refractivity contribution in [3.63, 3.8) is 0 Å². The Labute approximate surface area is 148 Å². The molecule has 0 spiro atoms. The number of rotatable bonds is 6. The third kappa shape index (κ3) is 3.52. The third-order valence-corrected chi connectivity index (χ3v) is 4.64. The van der Waals surface area contributed by atoms with Gasteiger partial charge in [-0.3, -0.25) is 4.98 Å². The molecule has 0 saturated carbocycles. The number of pyridine rings is 1. The molecule has 0 aliphatic rings. The van der Waals surface area contributed by atoms with Crippen LogP contribution in [0.25, 0.3) is 16.2 Å². The zero-order valence-corrected chi connectivity index (χ0v) is 14.3. The van der Waals surface area contributed by atoms with Gasteiger partial charge in [0.2, 0.25) is 10.1 Å². The summed E-state index contributed by atoms with van der Waals surface area (Å²) in [4.78, 5) is 9.57. The molecule has 7 heteroatoms. The van der Waals surface area contributed by atoms with Gasteiger partial charge in [0, 0.05) is 30.3 Å². The van der Waals surface area contributed by atoms with Crippen molar-refractivity contribution >= 4 is 27.1 Å². The number of benzene rings is 1. The van der Waals surface area contributed by atoms with Crippen LogP contribution < -0.4 is 5.32 Å². The number of aromatic nitrogens is 4. The molecule has 0 aliphatic heterocycles. The van der Waals surface area contributed by atoms with Gasteiger partial charge in [-0.25, -0.2) is 9.50 Å². The Morgan fingerprint density at radius 1 is 1.20 bits per heavy atom. The maximum atomic E-state index is 8.96. The summed E-state index contributed by atoms with van der Waals surface area (Å²) in [7, 11) is 0. The van der Waals surface area contributed by atoms with Crippen LogP contribution in [0.5, 0.6) is 0 Å². The Hall–Kier alpha value is -2.77. The van der Waals surface area contributed by atoms with Gasteiger partial charge in [0.25, 0.3) is 0 Å². The minimum absolute atomic E-state index is 0.209. The van der Waals surface area contributed by atoms with E-state index in [9.17, 15) is 0 Å². The first-order chi connectivity index (χ1) is 12.3. The number of nitrogens with one attached hydrogen (secondary N) is 1. The largest absolute Gasteiger partial charge is 0.396 e. The van der Waals surface area contributed by atoms with E-state index >= 15 is 0 Å².